The summed E-state index contributed by atoms with van der Waals surface area (Å²) in [5, 5.41) is -0.730. The first kappa shape index (κ1) is 17.3. The zero-order valence-corrected chi connectivity index (χ0v) is 16.2. The maximum Gasteiger partial charge on any atom is 0.255 e. The molecule has 8 heteroatoms. The number of nitrogens with zero attached hydrogens (tertiary/aromatic N) is 1. The second-order valence-electron chi connectivity index (χ2n) is 4.64. The van der Waals surface area contributed by atoms with E-state index in [1.807, 2.05) is 6.07 Å². The highest BCUT2D eigenvalue weighted by molar-refractivity contribution is 9.11. The first-order valence-corrected chi connectivity index (χ1v) is 10.9. The molecule has 0 saturated carbocycles. The van der Waals surface area contributed by atoms with Crippen LogP contribution in [0.2, 0.25) is 0 Å². The fourth-order valence-electron chi connectivity index (χ4n) is 2.15. The largest absolute Gasteiger partial charge is 0.320 e. The van der Waals surface area contributed by atoms with Crippen LogP contribution in [0.5, 0.6) is 0 Å². The van der Waals surface area contributed by atoms with Crippen molar-refractivity contribution in [3.8, 4) is 0 Å². The molecule has 0 N–H and O–H groups in total. The molecule has 1 aromatic rings. The Morgan fingerprint density at radius 2 is 1.95 bits per heavy atom. The van der Waals surface area contributed by atoms with Gasteiger partial charge in [-0.1, -0.05) is 38.8 Å². The molecule has 0 aliphatic carbocycles. The summed E-state index contributed by atoms with van der Waals surface area (Å²) in [6, 6.07) is 5.26. The summed E-state index contributed by atoms with van der Waals surface area (Å²) in [4.78, 5) is 14.2. The zero-order valence-electron chi connectivity index (χ0n) is 11.4. The van der Waals surface area contributed by atoms with Crippen molar-refractivity contribution in [1.29, 1.82) is 0 Å². The Hall–Kier alpha value is -0.0500. The van der Waals surface area contributed by atoms with Crippen LogP contribution in [0.25, 0.3) is 0 Å². The van der Waals surface area contributed by atoms with E-state index in [0.717, 1.165) is 14.7 Å². The van der Waals surface area contributed by atoms with Gasteiger partial charge in [0, 0.05) is 38.3 Å². The molecule has 1 aliphatic rings. The number of hydrogen-bond donors (Lipinski definition) is 0. The van der Waals surface area contributed by atoms with Crippen molar-refractivity contribution in [2.24, 2.45) is 0 Å². The topological polar surface area (TPSA) is 54.5 Å². The molecule has 21 heavy (non-hydrogen) atoms. The molecule has 1 saturated heterocycles. The molecule has 1 amide bonds. The molecule has 1 aromatic carbocycles. The molecule has 0 spiro atoms. The van der Waals surface area contributed by atoms with Crippen molar-refractivity contribution >= 4 is 59.4 Å². The van der Waals surface area contributed by atoms with Gasteiger partial charge in [-0.05, 0) is 18.2 Å². The molecule has 1 atom stereocenters. The van der Waals surface area contributed by atoms with E-state index in [1.165, 1.54) is 4.90 Å². The summed E-state index contributed by atoms with van der Waals surface area (Å²) >= 11 is 8.28. The molecule has 1 fully saturated rings. The number of thioether (sulfide) groups is 1. The fraction of sp³-hybridized carbons (Fsp3) is 0.462. The van der Waals surface area contributed by atoms with Crippen molar-refractivity contribution in [1.82, 2.24) is 4.90 Å². The van der Waals surface area contributed by atoms with Crippen LogP contribution in [-0.4, -0.2) is 48.4 Å². The average Bonchev–Trinajstić information content (AvgIpc) is 2.45. The molecule has 0 aromatic heterocycles. The van der Waals surface area contributed by atoms with Crippen LogP contribution < -0.4 is 0 Å². The van der Waals surface area contributed by atoms with Crippen LogP contribution in [0.3, 0.4) is 0 Å². The maximum absolute atomic E-state index is 12.7. The Kier molecular flexibility index (Phi) is 5.78. The lowest BCUT2D eigenvalue weighted by molar-refractivity contribution is 0.0749. The van der Waals surface area contributed by atoms with E-state index in [-0.39, 0.29) is 11.7 Å². The molecule has 1 unspecified atom stereocenters. The van der Waals surface area contributed by atoms with Crippen LogP contribution in [0.1, 0.15) is 17.3 Å². The van der Waals surface area contributed by atoms with Crippen molar-refractivity contribution in [3.63, 3.8) is 0 Å². The molecule has 0 radical (unpaired) electrons. The fourth-order valence-corrected chi connectivity index (χ4v) is 6.41. The summed E-state index contributed by atoms with van der Waals surface area (Å²) in [6.07, 6.45) is 0. The molecule has 1 heterocycles. The third-order valence-electron chi connectivity index (χ3n) is 3.27. The van der Waals surface area contributed by atoms with E-state index >= 15 is 0 Å². The average molecular weight is 457 g/mol. The van der Waals surface area contributed by atoms with Crippen LogP contribution in [0.4, 0.5) is 0 Å². The highest BCUT2D eigenvalue weighted by Gasteiger charge is 2.36. The minimum Gasteiger partial charge on any atom is -0.320 e. The van der Waals surface area contributed by atoms with Crippen molar-refractivity contribution in [2.45, 2.75) is 12.3 Å². The van der Waals surface area contributed by atoms with Gasteiger partial charge in [-0.15, -0.1) is 0 Å². The summed E-state index contributed by atoms with van der Waals surface area (Å²) in [5.74, 6) is 1.01. The Morgan fingerprint density at radius 1 is 1.33 bits per heavy atom. The van der Waals surface area contributed by atoms with Crippen molar-refractivity contribution in [3.05, 3.63) is 32.7 Å². The van der Waals surface area contributed by atoms with E-state index in [9.17, 15) is 13.2 Å². The quantitative estimate of drug-likeness (QED) is 0.700. The van der Waals surface area contributed by atoms with E-state index in [2.05, 4.69) is 31.9 Å². The normalized spacial score (nSPS) is 19.6. The van der Waals surface area contributed by atoms with E-state index in [1.54, 1.807) is 30.8 Å². The van der Waals surface area contributed by atoms with E-state index in [0.29, 0.717) is 17.9 Å². The van der Waals surface area contributed by atoms with Gasteiger partial charge in [-0.3, -0.25) is 4.79 Å². The number of carbonyl (C=O) groups excluding carboxylic acids is 1. The number of hydrogen-bond acceptors (Lipinski definition) is 4. The number of carbonyl (C=O) groups is 1. The molecular weight excluding hydrogens is 442 g/mol. The smallest absolute Gasteiger partial charge is 0.255 e. The van der Waals surface area contributed by atoms with E-state index < -0.39 is 15.2 Å². The lowest BCUT2D eigenvalue weighted by atomic mass is 10.2. The van der Waals surface area contributed by atoms with Crippen LogP contribution in [-0.2, 0) is 9.84 Å². The SMILES string of the molecule is CCS(=O)(=O)C1CSCCN1C(=O)c1cc(Br)cc(Br)c1. The highest BCUT2D eigenvalue weighted by atomic mass is 79.9. The lowest BCUT2D eigenvalue weighted by Gasteiger charge is -2.34. The zero-order chi connectivity index (χ0) is 15.6. The lowest BCUT2D eigenvalue weighted by Crippen LogP contribution is -2.50. The highest BCUT2D eigenvalue weighted by Crippen LogP contribution is 2.26. The minimum absolute atomic E-state index is 0.0458. The van der Waals surface area contributed by atoms with Gasteiger partial charge >= 0.3 is 0 Å². The van der Waals surface area contributed by atoms with Crippen LogP contribution in [0.15, 0.2) is 27.1 Å². The molecular formula is C13H15Br2NO3S2. The maximum atomic E-state index is 12.7. The van der Waals surface area contributed by atoms with Crippen molar-refractivity contribution < 1.29 is 13.2 Å². The number of benzene rings is 1. The molecule has 116 valence electrons. The van der Waals surface area contributed by atoms with Crippen LogP contribution in [0, 0.1) is 0 Å². The summed E-state index contributed by atoms with van der Waals surface area (Å²) in [7, 11) is -3.28. The predicted molar refractivity (Wildman–Crippen MR) is 93.5 cm³/mol. The third-order valence-corrected chi connectivity index (χ3v) is 7.48. The number of sulfone groups is 1. The molecule has 2 rings (SSSR count). The summed E-state index contributed by atoms with van der Waals surface area (Å²) < 4.78 is 26.0. The number of rotatable bonds is 3. The van der Waals surface area contributed by atoms with Gasteiger partial charge in [0.2, 0.25) is 0 Å². The van der Waals surface area contributed by atoms with Gasteiger partial charge in [-0.25, -0.2) is 8.42 Å². The second kappa shape index (κ2) is 7.02. The second-order valence-corrected chi connectivity index (χ2v) is 10.1. The standard InChI is InChI=1S/C13H15Br2NO3S2/c1-2-21(18,19)12-8-20-4-3-16(12)13(17)9-5-10(14)7-11(15)6-9/h5-7,12H,2-4,8H2,1H3. The predicted octanol–water partition coefficient (Wildman–Crippen LogP) is 3.16. The first-order chi connectivity index (χ1) is 9.85. The Bertz CT molecular complexity index is 629. The summed E-state index contributed by atoms with van der Waals surface area (Å²) in [5.41, 5.74) is 0.486. The van der Waals surface area contributed by atoms with E-state index in [4.69, 9.17) is 0 Å². The van der Waals surface area contributed by atoms with Gasteiger partial charge < -0.3 is 4.90 Å². The van der Waals surface area contributed by atoms with Gasteiger partial charge in [0.05, 0.1) is 0 Å². The third kappa shape index (κ3) is 4.03. The van der Waals surface area contributed by atoms with Gasteiger partial charge in [0.25, 0.3) is 5.91 Å². The molecule has 1 aliphatic heterocycles. The van der Waals surface area contributed by atoms with Gasteiger partial charge in [0.1, 0.15) is 5.37 Å². The Morgan fingerprint density at radius 3 is 2.52 bits per heavy atom. The minimum atomic E-state index is -3.28. The van der Waals surface area contributed by atoms with Gasteiger partial charge in [0.15, 0.2) is 9.84 Å². The molecule has 0 bridgehead atoms. The first-order valence-electron chi connectivity index (χ1n) is 6.41. The number of halogens is 2. The Balaban J connectivity index is 2.35. The Labute approximate surface area is 145 Å². The monoisotopic (exact) mass is 455 g/mol. The summed E-state index contributed by atoms with van der Waals surface area (Å²) in [6.45, 7) is 2.07. The van der Waals surface area contributed by atoms with Crippen LogP contribution >= 0.6 is 43.6 Å². The van der Waals surface area contributed by atoms with Gasteiger partial charge in [-0.2, -0.15) is 11.8 Å². The number of amides is 1. The molecule has 4 nitrogen and oxygen atoms in total. The van der Waals surface area contributed by atoms with Crippen molar-refractivity contribution in [2.75, 3.05) is 23.8 Å².